The molecule has 0 spiro atoms. The van der Waals surface area contributed by atoms with Gasteiger partial charge in [-0.2, -0.15) is 0 Å². The number of nitrogens with one attached hydrogen (secondary N) is 2. The molecule has 1 aliphatic rings. The van der Waals surface area contributed by atoms with E-state index in [2.05, 4.69) is 15.3 Å². The first-order valence-electron chi connectivity index (χ1n) is 6.40. The Hall–Kier alpha value is -2.68. The lowest BCUT2D eigenvalue weighted by atomic mass is 10.2. The number of anilines is 1. The van der Waals surface area contributed by atoms with Crippen molar-refractivity contribution in [2.24, 2.45) is 0 Å². The number of non-ortho nitro benzene ring substituents is 1. The smallest absolute Gasteiger partial charge is 0.322 e. The lowest BCUT2D eigenvalue weighted by molar-refractivity contribution is -0.384. The molecule has 1 aromatic carbocycles. The molecule has 2 aromatic rings. The van der Waals surface area contributed by atoms with Crippen molar-refractivity contribution in [2.45, 2.75) is 6.04 Å². The molecule has 2 heterocycles. The summed E-state index contributed by atoms with van der Waals surface area (Å²) in [6, 6.07) is 3.74. The minimum Gasteiger partial charge on any atom is -0.480 e. The van der Waals surface area contributed by atoms with Gasteiger partial charge in [0.1, 0.15) is 6.04 Å². The third kappa shape index (κ3) is 2.50. The molecule has 3 rings (SSSR count). The second-order valence-corrected chi connectivity index (χ2v) is 4.81. The Morgan fingerprint density at radius 3 is 3.05 bits per heavy atom. The second-order valence-electron chi connectivity index (χ2n) is 4.81. The fourth-order valence-corrected chi connectivity index (χ4v) is 2.36. The average Bonchev–Trinajstić information content (AvgIpc) is 2.90. The molecule has 0 amide bonds. The maximum Gasteiger partial charge on any atom is 0.322 e. The van der Waals surface area contributed by atoms with Crippen LogP contribution in [0.15, 0.2) is 18.2 Å². The van der Waals surface area contributed by atoms with Gasteiger partial charge in [0, 0.05) is 31.8 Å². The van der Waals surface area contributed by atoms with Gasteiger partial charge >= 0.3 is 5.97 Å². The highest BCUT2D eigenvalue weighted by Gasteiger charge is 2.26. The number of carbonyl (C=O) groups is 1. The Bertz CT molecular complexity index is 713. The molecule has 9 heteroatoms. The van der Waals surface area contributed by atoms with Crippen LogP contribution in [0.5, 0.6) is 0 Å². The van der Waals surface area contributed by atoms with Crippen LogP contribution in [0.4, 0.5) is 11.6 Å². The summed E-state index contributed by atoms with van der Waals surface area (Å²) in [5.74, 6) is -0.385. The monoisotopic (exact) mass is 291 g/mol. The second kappa shape index (κ2) is 5.02. The number of carboxylic acids is 1. The van der Waals surface area contributed by atoms with Crippen molar-refractivity contribution >= 4 is 28.6 Å². The van der Waals surface area contributed by atoms with E-state index in [1.165, 1.54) is 12.1 Å². The summed E-state index contributed by atoms with van der Waals surface area (Å²) in [6.07, 6.45) is 0. The molecular weight excluding hydrogens is 278 g/mol. The number of imidazole rings is 1. The number of nitro groups is 1. The topological polar surface area (TPSA) is 124 Å². The van der Waals surface area contributed by atoms with Crippen molar-refractivity contribution in [1.29, 1.82) is 0 Å². The Morgan fingerprint density at radius 1 is 1.52 bits per heavy atom. The first-order valence-corrected chi connectivity index (χ1v) is 6.40. The van der Waals surface area contributed by atoms with Gasteiger partial charge in [0.05, 0.1) is 16.0 Å². The molecule has 0 aliphatic carbocycles. The summed E-state index contributed by atoms with van der Waals surface area (Å²) in [4.78, 5) is 30.5. The number of aromatic nitrogens is 2. The zero-order chi connectivity index (χ0) is 15.0. The molecule has 1 saturated heterocycles. The van der Waals surface area contributed by atoms with E-state index < -0.39 is 16.9 Å². The molecule has 1 atom stereocenters. The van der Waals surface area contributed by atoms with E-state index in [1.54, 1.807) is 6.07 Å². The van der Waals surface area contributed by atoms with Gasteiger partial charge in [-0.1, -0.05) is 0 Å². The Kier molecular flexibility index (Phi) is 3.18. The van der Waals surface area contributed by atoms with Gasteiger partial charge in [-0.15, -0.1) is 0 Å². The highest BCUT2D eigenvalue weighted by molar-refractivity contribution is 5.80. The Morgan fingerprint density at radius 2 is 2.33 bits per heavy atom. The normalized spacial score (nSPS) is 18.9. The van der Waals surface area contributed by atoms with Crippen LogP contribution in [0.3, 0.4) is 0 Å². The third-order valence-electron chi connectivity index (χ3n) is 3.44. The highest BCUT2D eigenvalue weighted by Crippen LogP contribution is 2.22. The molecule has 21 heavy (non-hydrogen) atoms. The van der Waals surface area contributed by atoms with Gasteiger partial charge in [0.15, 0.2) is 0 Å². The van der Waals surface area contributed by atoms with Gasteiger partial charge in [0.25, 0.3) is 5.69 Å². The number of rotatable bonds is 3. The molecule has 0 bridgehead atoms. The van der Waals surface area contributed by atoms with E-state index in [1.807, 2.05) is 4.90 Å². The van der Waals surface area contributed by atoms with Crippen molar-refractivity contribution in [2.75, 3.05) is 24.5 Å². The molecule has 0 radical (unpaired) electrons. The number of aromatic amines is 1. The van der Waals surface area contributed by atoms with Crippen molar-refractivity contribution in [1.82, 2.24) is 15.3 Å². The van der Waals surface area contributed by atoms with Gasteiger partial charge < -0.3 is 20.3 Å². The predicted molar refractivity (Wildman–Crippen MR) is 74.4 cm³/mol. The number of fused-ring (bicyclic) bond motifs is 1. The number of hydrogen-bond acceptors (Lipinski definition) is 6. The lowest BCUT2D eigenvalue weighted by Gasteiger charge is -2.31. The Labute approximate surface area is 118 Å². The summed E-state index contributed by atoms with van der Waals surface area (Å²) in [6.45, 7) is 1.44. The number of hydrogen-bond donors (Lipinski definition) is 3. The van der Waals surface area contributed by atoms with Crippen LogP contribution >= 0.6 is 0 Å². The van der Waals surface area contributed by atoms with E-state index in [9.17, 15) is 14.9 Å². The molecule has 3 N–H and O–H groups in total. The molecular formula is C12H13N5O4. The maximum atomic E-state index is 11.0. The fraction of sp³-hybridized carbons (Fsp3) is 0.333. The summed E-state index contributed by atoms with van der Waals surface area (Å²) < 4.78 is 0. The number of carboxylic acid groups (broad SMARTS) is 1. The molecule has 110 valence electrons. The van der Waals surface area contributed by atoms with Crippen LogP contribution in [-0.2, 0) is 4.79 Å². The van der Waals surface area contributed by atoms with Gasteiger partial charge in [-0.05, 0) is 6.07 Å². The SMILES string of the molecule is O=C(O)[C@@H]1CN(c2nc3ccc([N+](=O)[O-])cc3[nH]2)CCN1. The summed E-state index contributed by atoms with van der Waals surface area (Å²) in [7, 11) is 0. The Balaban J connectivity index is 1.90. The molecule has 9 nitrogen and oxygen atoms in total. The number of H-pyrrole nitrogens is 1. The first-order chi connectivity index (χ1) is 10.0. The van der Waals surface area contributed by atoms with Crippen LogP contribution in [-0.4, -0.2) is 51.6 Å². The summed E-state index contributed by atoms with van der Waals surface area (Å²) in [5, 5.41) is 22.7. The number of aliphatic carboxylic acids is 1. The number of nitro benzene ring substituents is 1. The van der Waals surface area contributed by atoms with Crippen molar-refractivity contribution in [3.05, 3.63) is 28.3 Å². The molecule has 1 aliphatic heterocycles. The van der Waals surface area contributed by atoms with Gasteiger partial charge in [-0.25, -0.2) is 4.98 Å². The minimum atomic E-state index is -0.911. The lowest BCUT2D eigenvalue weighted by Crippen LogP contribution is -2.54. The average molecular weight is 291 g/mol. The van der Waals surface area contributed by atoms with E-state index >= 15 is 0 Å². The molecule has 0 saturated carbocycles. The minimum absolute atomic E-state index is 0.0126. The van der Waals surface area contributed by atoms with Crippen molar-refractivity contribution in [3.63, 3.8) is 0 Å². The zero-order valence-electron chi connectivity index (χ0n) is 10.9. The third-order valence-corrected chi connectivity index (χ3v) is 3.44. The molecule has 1 fully saturated rings. The standard InChI is InChI=1S/C12H13N5O4/c18-11(19)10-6-16(4-3-13-10)12-14-8-2-1-7(17(20)21)5-9(8)15-12/h1-2,5,10,13H,3-4,6H2,(H,14,15)(H,18,19)/t10-/m0/s1. The van der Waals surface area contributed by atoms with Crippen LogP contribution in [0.1, 0.15) is 0 Å². The highest BCUT2D eigenvalue weighted by atomic mass is 16.6. The van der Waals surface area contributed by atoms with Crippen LogP contribution in [0.25, 0.3) is 11.0 Å². The summed E-state index contributed by atoms with van der Waals surface area (Å²) >= 11 is 0. The van der Waals surface area contributed by atoms with Gasteiger partial charge in [-0.3, -0.25) is 14.9 Å². The van der Waals surface area contributed by atoms with Crippen LogP contribution in [0.2, 0.25) is 0 Å². The fourth-order valence-electron chi connectivity index (χ4n) is 2.36. The number of benzene rings is 1. The first kappa shape index (κ1) is 13.3. The van der Waals surface area contributed by atoms with E-state index in [0.717, 1.165) is 0 Å². The predicted octanol–water partition coefficient (Wildman–Crippen LogP) is 0.334. The van der Waals surface area contributed by atoms with Crippen LogP contribution < -0.4 is 10.2 Å². The number of nitrogens with zero attached hydrogens (tertiary/aromatic N) is 3. The largest absolute Gasteiger partial charge is 0.480 e. The quantitative estimate of drug-likeness (QED) is 0.550. The molecule has 0 unspecified atom stereocenters. The van der Waals surface area contributed by atoms with E-state index in [0.29, 0.717) is 30.1 Å². The maximum absolute atomic E-state index is 11.0. The van der Waals surface area contributed by atoms with Crippen LogP contribution in [0, 0.1) is 10.1 Å². The van der Waals surface area contributed by atoms with Crippen molar-refractivity contribution < 1.29 is 14.8 Å². The van der Waals surface area contributed by atoms with Gasteiger partial charge in [0.2, 0.25) is 5.95 Å². The van der Waals surface area contributed by atoms with E-state index in [4.69, 9.17) is 5.11 Å². The van der Waals surface area contributed by atoms with Crippen molar-refractivity contribution in [3.8, 4) is 0 Å². The summed E-state index contributed by atoms with van der Waals surface area (Å²) in [5.41, 5.74) is 1.16. The zero-order valence-corrected chi connectivity index (χ0v) is 10.9. The number of piperazine rings is 1. The van der Waals surface area contributed by atoms with E-state index in [-0.39, 0.29) is 12.2 Å². The molecule has 1 aromatic heterocycles.